The summed E-state index contributed by atoms with van der Waals surface area (Å²) in [6.07, 6.45) is 2.10. The molecule has 1 atom stereocenters. The first kappa shape index (κ1) is 11.0. The number of hydrogen-bond acceptors (Lipinski definition) is 1. The summed E-state index contributed by atoms with van der Waals surface area (Å²) in [5, 5.41) is 7.96. The maximum Gasteiger partial charge on any atom is 0.0414 e. The van der Waals surface area contributed by atoms with E-state index >= 15 is 0 Å². The summed E-state index contributed by atoms with van der Waals surface area (Å²) in [5.41, 5.74) is 3.16. The molecule has 1 unspecified atom stereocenters. The fourth-order valence-corrected chi connectivity index (χ4v) is 1.41. The molecule has 14 heavy (non-hydrogen) atoms. The second-order valence-corrected chi connectivity index (χ2v) is 3.77. The molecule has 0 heterocycles. The average Bonchev–Trinajstić information content (AvgIpc) is 2.27. The Bertz CT molecular complexity index is 298. The van der Waals surface area contributed by atoms with E-state index in [1.54, 1.807) is 0 Å². The molecular formula is C13H19N. The predicted molar refractivity (Wildman–Crippen MR) is 62.1 cm³/mol. The fraction of sp³-hybridized carbons (Fsp3) is 0.462. The highest BCUT2D eigenvalue weighted by Crippen LogP contribution is 2.12. The smallest absolute Gasteiger partial charge is 0.0414 e. The van der Waals surface area contributed by atoms with Gasteiger partial charge in [-0.25, -0.2) is 0 Å². The van der Waals surface area contributed by atoms with Crippen molar-refractivity contribution in [1.29, 1.82) is 5.41 Å². The van der Waals surface area contributed by atoms with Crippen LogP contribution in [0.25, 0.3) is 0 Å². The zero-order valence-corrected chi connectivity index (χ0v) is 9.30. The molecule has 76 valence electrons. The van der Waals surface area contributed by atoms with Crippen LogP contribution in [0.1, 0.15) is 38.3 Å². The number of nitrogens with one attached hydrogen (secondary N) is 1. The third-order valence-electron chi connectivity index (χ3n) is 2.78. The van der Waals surface area contributed by atoms with E-state index in [-0.39, 0.29) is 0 Å². The van der Waals surface area contributed by atoms with Crippen LogP contribution in [-0.2, 0) is 6.42 Å². The Morgan fingerprint density at radius 1 is 1.21 bits per heavy atom. The van der Waals surface area contributed by atoms with E-state index in [9.17, 15) is 0 Å². The summed E-state index contributed by atoms with van der Waals surface area (Å²) in [7, 11) is 0. The lowest BCUT2D eigenvalue weighted by molar-refractivity contribution is 0.736. The number of hydrogen-bond donors (Lipinski definition) is 1. The lowest BCUT2D eigenvalue weighted by Crippen LogP contribution is -2.09. The van der Waals surface area contributed by atoms with Gasteiger partial charge in [-0.05, 0) is 29.9 Å². The quantitative estimate of drug-likeness (QED) is 0.699. The third kappa shape index (κ3) is 2.44. The molecule has 1 rings (SSSR count). The second kappa shape index (κ2) is 4.94. The monoisotopic (exact) mass is 189 g/mol. The van der Waals surface area contributed by atoms with Crippen molar-refractivity contribution in [2.45, 2.75) is 33.6 Å². The van der Waals surface area contributed by atoms with Crippen LogP contribution >= 0.6 is 0 Å². The van der Waals surface area contributed by atoms with Crippen molar-refractivity contribution < 1.29 is 0 Å². The van der Waals surface area contributed by atoms with Crippen molar-refractivity contribution in [1.82, 2.24) is 0 Å². The molecule has 0 radical (unpaired) electrons. The molecule has 0 saturated heterocycles. The van der Waals surface area contributed by atoms with Gasteiger partial charge in [-0.15, -0.1) is 0 Å². The molecule has 1 N–H and O–H groups in total. The van der Waals surface area contributed by atoms with Crippen LogP contribution in [0.2, 0.25) is 0 Å². The van der Waals surface area contributed by atoms with Crippen molar-refractivity contribution in [2.24, 2.45) is 5.92 Å². The Balaban J connectivity index is 2.81. The first-order valence-corrected chi connectivity index (χ1v) is 5.36. The molecule has 0 saturated carbocycles. The summed E-state index contributed by atoms with van der Waals surface area (Å²) in [5.74, 6) is 0.363. The molecule has 0 amide bonds. The minimum atomic E-state index is 0.363. The normalized spacial score (nSPS) is 12.5. The van der Waals surface area contributed by atoms with Crippen LogP contribution in [0.15, 0.2) is 24.3 Å². The largest absolute Gasteiger partial charge is 0.304 e. The molecule has 0 aliphatic carbocycles. The van der Waals surface area contributed by atoms with Gasteiger partial charge in [-0.1, -0.05) is 45.0 Å². The van der Waals surface area contributed by atoms with E-state index in [1.807, 2.05) is 0 Å². The van der Waals surface area contributed by atoms with Crippen LogP contribution in [0.4, 0.5) is 0 Å². The van der Waals surface area contributed by atoms with Gasteiger partial charge in [-0.3, -0.25) is 0 Å². The molecule has 1 aromatic carbocycles. The number of rotatable bonds is 4. The van der Waals surface area contributed by atoms with Crippen molar-refractivity contribution in [3.8, 4) is 0 Å². The summed E-state index contributed by atoms with van der Waals surface area (Å²) in [4.78, 5) is 0. The topological polar surface area (TPSA) is 23.9 Å². The molecular weight excluding hydrogens is 170 g/mol. The van der Waals surface area contributed by atoms with Crippen molar-refractivity contribution in [2.75, 3.05) is 0 Å². The second-order valence-electron chi connectivity index (χ2n) is 3.77. The number of aryl methyl sites for hydroxylation is 1. The molecule has 1 nitrogen and oxygen atoms in total. The van der Waals surface area contributed by atoms with Gasteiger partial charge in [0, 0.05) is 5.71 Å². The maximum atomic E-state index is 7.96. The summed E-state index contributed by atoms with van der Waals surface area (Å²) in [6.45, 7) is 6.38. The standard InChI is InChI=1S/C13H19N/c1-4-10(3)13(14)12-8-6-11(5-2)7-9-12/h6-10,14H,4-5H2,1-3H3. The van der Waals surface area contributed by atoms with Crippen LogP contribution in [0.5, 0.6) is 0 Å². The maximum absolute atomic E-state index is 7.96. The van der Waals surface area contributed by atoms with Gasteiger partial charge in [0.25, 0.3) is 0 Å². The molecule has 0 aliphatic rings. The van der Waals surface area contributed by atoms with Gasteiger partial charge >= 0.3 is 0 Å². The van der Waals surface area contributed by atoms with Crippen LogP contribution in [-0.4, -0.2) is 5.71 Å². The van der Waals surface area contributed by atoms with Gasteiger partial charge in [0.05, 0.1) is 0 Å². The lowest BCUT2D eigenvalue weighted by Gasteiger charge is -2.10. The molecule has 0 aliphatic heterocycles. The minimum Gasteiger partial charge on any atom is -0.304 e. The molecule has 0 spiro atoms. The molecule has 0 aromatic heterocycles. The Morgan fingerprint density at radius 3 is 2.21 bits per heavy atom. The third-order valence-corrected chi connectivity index (χ3v) is 2.78. The Kier molecular flexibility index (Phi) is 3.87. The van der Waals surface area contributed by atoms with E-state index < -0.39 is 0 Å². The Morgan fingerprint density at radius 2 is 1.79 bits per heavy atom. The minimum absolute atomic E-state index is 0.363. The van der Waals surface area contributed by atoms with E-state index in [1.165, 1.54) is 5.56 Å². The first-order valence-electron chi connectivity index (χ1n) is 5.36. The summed E-state index contributed by atoms with van der Waals surface area (Å²) < 4.78 is 0. The molecule has 1 heteroatoms. The zero-order chi connectivity index (χ0) is 10.6. The fourth-order valence-electron chi connectivity index (χ4n) is 1.41. The van der Waals surface area contributed by atoms with Crippen molar-refractivity contribution in [3.63, 3.8) is 0 Å². The SMILES string of the molecule is CCc1ccc(C(=N)C(C)CC)cc1. The average molecular weight is 189 g/mol. The summed E-state index contributed by atoms with van der Waals surface area (Å²) >= 11 is 0. The number of benzene rings is 1. The van der Waals surface area contributed by atoms with Gasteiger partial charge in [0.15, 0.2) is 0 Å². The molecule has 1 aromatic rings. The van der Waals surface area contributed by atoms with Gasteiger partial charge < -0.3 is 5.41 Å². The molecule has 0 fully saturated rings. The van der Waals surface area contributed by atoms with Crippen LogP contribution < -0.4 is 0 Å². The first-order chi connectivity index (χ1) is 6.69. The Hall–Kier alpha value is -1.11. The van der Waals surface area contributed by atoms with Crippen molar-refractivity contribution >= 4 is 5.71 Å². The van der Waals surface area contributed by atoms with Gasteiger partial charge in [-0.2, -0.15) is 0 Å². The summed E-state index contributed by atoms with van der Waals surface area (Å²) in [6, 6.07) is 8.36. The van der Waals surface area contributed by atoms with Gasteiger partial charge in [0.2, 0.25) is 0 Å². The Labute approximate surface area is 86.7 Å². The van der Waals surface area contributed by atoms with E-state index in [2.05, 4.69) is 45.0 Å². The van der Waals surface area contributed by atoms with Crippen LogP contribution in [0, 0.1) is 11.3 Å². The van der Waals surface area contributed by atoms with Gasteiger partial charge in [0.1, 0.15) is 0 Å². The van der Waals surface area contributed by atoms with E-state index in [4.69, 9.17) is 5.41 Å². The highest BCUT2D eigenvalue weighted by molar-refractivity contribution is 5.99. The van der Waals surface area contributed by atoms with Crippen molar-refractivity contribution in [3.05, 3.63) is 35.4 Å². The highest BCUT2D eigenvalue weighted by Gasteiger charge is 2.08. The van der Waals surface area contributed by atoms with E-state index in [0.29, 0.717) is 5.92 Å². The predicted octanol–water partition coefficient (Wildman–Crippen LogP) is 3.66. The highest BCUT2D eigenvalue weighted by atomic mass is 14.4. The molecule has 0 bridgehead atoms. The zero-order valence-electron chi connectivity index (χ0n) is 9.30. The lowest BCUT2D eigenvalue weighted by atomic mass is 9.95. The van der Waals surface area contributed by atoms with Crippen LogP contribution in [0.3, 0.4) is 0 Å². The van der Waals surface area contributed by atoms with E-state index in [0.717, 1.165) is 24.1 Å².